The zero-order valence-electron chi connectivity index (χ0n) is 27.8. The Morgan fingerprint density at radius 3 is 0.729 bits per heavy atom. The Morgan fingerprint density at radius 2 is 0.562 bits per heavy atom. The SMILES string of the molecule is CC(C)OC(=O)Oc1c2c(c(OC(=O)OC(C)C)c3ccccc13)=c1c(OC(=O)OC(C)C)c3ccccc3c(OC(=O)OC(C)C)c1=2. The van der Waals surface area contributed by atoms with Crippen LogP contribution in [0.25, 0.3) is 21.5 Å². The summed E-state index contributed by atoms with van der Waals surface area (Å²) in [5.41, 5.74) is 0. The van der Waals surface area contributed by atoms with Crippen LogP contribution in [0.1, 0.15) is 55.4 Å². The highest BCUT2D eigenvalue weighted by atomic mass is 16.7. The molecule has 48 heavy (non-hydrogen) atoms. The molecule has 12 heteroatoms. The van der Waals surface area contributed by atoms with E-state index in [1.807, 2.05) is 0 Å². The lowest BCUT2D eigenvalue weighted by molar-refractivity contribution is 0.0699. The van der Waals surface area contributed by atoms with E-state index >= 15 is 0 Å². The van der Waals surface area contributed by atoms with E-state index in [9.17, 15) is 19.2 Å². The molecule has 252 valence electrons. The van der Waals surface area contributed by atoms with Crippen molar-refractivity contribution >= 4 is 46.2 Å². The average Bonchev–Trinajstić information content (AvgIpc) is 2.96. The standard InChI is InChI=1S/C36H36O12/c1-17(2)41-33(37)45-29-21-13-9-10-14-22(21)30(46-34(38)42-18(3)4)26-25(29)27-28(26)32(48-36(40)44-20(7)8)24-16-12-11-15-23(24)31(27)47-35(39)43-19(5)6/h9-20H,1-8H3. The number of fused-ring (bicyclic) bond motifs is 4. The Hall–Kier alpha value is -5.52. The van der Waals surface area contributed by atoms with E-state index in [1.54, 1.807) is 104 Å². The summed E-state index contributed by atoms with van der Waals surface area (Å²) in [6, 6.07) is 13.5. The van der Waals surface area contributed by atoms with Gasteiger partial charge < -0.3 is 37.9 Å². The van der Waals surface area contributed by atoms with Crippen molar-refractivity contribution in [2.45, 2.75) is 79.8 Å². The van der Waals surface area contributed by atoms with E-state index in [-0.39, 0.29) is 43.9 Å². The molecule has 0 atom stereocenters. The fourth-order valence-electron chi connectivity index (χ4n) is 5.27. The van der Waals surface area contributed by atoms with Gasteiger partial charge in [-0.05, 0) is 55.4 Å². The Bertz CT molecular complexity index is 1810. The monoisotopic (exact) mass is 660 g/mol. The van der Waals surface area contributed by atoms with Gasteiger partial charge >= 0.3 is 24.6 Å². The van der Waals surface area contributed by atoms with Crippen LogP contribution in [-0.4, -0.2) is 49.0 Å². The number of rotatable bonds is 8. The fourth-order valence-corrected chi connectivity index (χ4v) is 5.27. The quantitative estimate of drug-likeness (QED) is 0.0893. The van der Waals surface area contributed by atoms with E-state index in [2.05, 4.69) is 0 Å². The van der Waals surface area contributed by atoms with E-state index in [1.165, 1.54) is 0 Å². The Balaban J connectivity index is 1.99. The number of carbonyl (C=O) groups is 4. The number of ether oxygens (including phenoxy) is 8. The molecular formula is C36H36O12. The van der Waals surface area contributed by atoms with E-state index < -0.39 is 49.0 Å². The van der Waals surface area contributed by atoms with Crippen molar-refractivity contribution in [3.05, 3.63) is 69.4 Å². The molecule has 4 aromatic rings. The second-order valence-electron chi connectivity index (χ2n) is 12.0. The molecule has 0 amide bonds. The van der Waals surface area contributed by atoms with Gasteiger partial charge in [-0.1, -0.05) is 48.5 Å². The minimum Gasteiger partial charge on any atom is -0.431 e. The Morgan fingerprint density at radius 1 is 0.375 bits per heavy atom. The molecule has 4 aromatic carbocycles. The molecule has 0 fully saturated rings. The summed E-state index contributed by atoms with van der Waals surface area (Å²) in [5, 5.41) is 2.32. The first kappa shape index (κ1) is 33.8. The second kappa shape index (κ2) is 13.7. The highest BCUT2D eigenvalue weighted by molar-refractivity contribution is 6.00. The van der Waals surface area contributed by atoms with Crippen molar-refractivity contribution in [1.29, 1.82) is 0 Å². The van der Waals surface area contributed by atoms with E-state index in [0.717, 1.165) is 0 Å². The fraction of sp³-hybridized carbons (Fsp3) is 0.333. The third-order valence-corrected chi connectivity index (χ3v) is 6.81. The van der Waals surface area contributed by atoms with Crippen LogP contribution in [-0.2, 0) is 18.9 Å². The molecule has 1 aliphatic rings. The Labute approximate surface area is 275 Å². The lowest BCUT2D eigenvalue weighted by atomic mass is 9.91. The summed E-state index contributed by atoms with van der Waals surface area (Å²) >= 11 is 0. The van der Waals surface area contributed by atoms with Crippen LogP contribution in [0, 0.1) is 20.9 Å². The molecule has 0 bridgehead atoms. The molecular weight excluding hydrogens is 624 g/mol. The van der Waals surface area contributed by atoms with Crippen molar-refractivity contribution in [3.8, 4) is 23.0 Å². The zero-order chi connectivity index (χ0) is 34.9. The van der Waals surface area contributed by atoms with Gasteiger partial charge in [-0.2, -0.15) is 0 Å². The third-order valence-electron chi connectivity index (χ3n) is 6.81. The number of carbonyl (C=O) groups excluding carboxylic acids is 4. The molecule has 0 heterocycles. The summed E-state index contributed by atoms with van der Waals surface area (Å²) in [7, 11) is 0. The topological polar surface area (TPSA) is 142 Å². The lowest BCUT2D eigenvalue weighted by Crippen LogP contribution is -2.20. The predicted octanol–water partition coefficient (Wildman–Crippen LogP) is 8.58. The lowest BCUT2D eigenvalue weighted by Gasteiger charge is -2.22. The molecule has 0 saturated heterocycles. The van der Waals surface area contributed by atoms with Crippen molar-refractivity contribution in [1.82, 2.24) is 0 Å². The third kappa shape index (κ3) is 6.78. The molecule has 1 aliphatic carbocycles. The molecule has 0 aromatic heterocycles. The highest BCUT2D eigenvalue weighted by Crippen LogP contribution is 2.47. The minimum atomic E-state index is -1.00. The van der Waals surface area contributed by atoms with Crippen molar-refractivity contribution in [2.75, 3.05) is 0 Å². The maximum atomic E-state index is 13.0. The maximum absolute atomic E-state index is 13.0. The van der Waals surface area contributed by atoms with Crippen LogP contribution in [0.3, 0.4) is 0 Å². The molecule has 0 radical (unpaired) electrons. The van der Waals surface area contributed by atoms with Gasteiger partial charge in [-0.25, -0.2) is 19.2 Å². The molecule has 0 N–H and O–H groups in total. The van der Waals surface area contributed by atoms with Crippen LogP contribution >= 0.6 is 0 Å². The molecule has 0 aliphatic heterocycles. The van der Waals surface area contributed by atoms with Crippen LogP contribution in [0.2, 0.25) is 0 Å². The van der Waals surface area contributed by atoms with Crippen LogP contribution in [0.5, 0.6) is 23.0 Å². The number of hydrogen-bond acceptors (Lipinski definition) is 12. The van der Waals surface area contributed by atoms with Gasteiger partial charge in [0.05, 0.1) is 24.4 Å². The van der Waals surface area contributed by atoms with Crippen LogP contribution < -0.4 is 18.9 Å². The van der Waals surface area contributed by atoms with Gasteiger partial charge in [-0.3, -0.25) is 0 Å². The smallest absolute Gasteiger partial charge is 0.431 e. The van der Waals surface area contributed by atoms with Gasteiger partial charge in [0.2, 0.25) is 0 Å². The summed E-state index contributed by atoms with van der Waals surface area (Å²) in [6.07, 6.45) is -6.02. The van der Waals surface area contributed by atoms with Crippen molar-refractivity contribution in [3.63, 3.8) is 0 Å². The minimum absolute atomic E-state index is 0.0244. The highest BCUT2D eigenvalue weighted by Gasteiger charge is 2.31. The zero-order valence-corrected chi connectivity index (χ0v) is 27.8. The van der Waals surface area contributed by atoms with Crippen molar-refractivity contribution < 1.29 is 57.1 Å². The van der Waals surface area contributed by atoms with Gasteiger partial charge in [0.15, 0.2) is 23.0 Å². The van der Waals surface area contributed by atoms with Gasteiger partial charge in [0, 0.05) is 42.4 Å². The predicted molar refractivity (Wildman–Crippen MR) is 172 cm³/mol. The molecule has 0 saturated carbocycles. The van der Waals surface area contributed by atoms with Crippen LogP contribution in [0.15, 0.2) is 48.5 Å². The summed E-state index contributed by atoms with van der Waals surface area (Å²) in [5.74, 6) is 0.0977. The number of benzene rings is 4. The van der Waals surface area contributed by atoms with E-state index in [0.29, 0.717) is 21.5 Å². The van der Waals surface area contributed by atoms with Gasteiger partial charge in [0.1, 0.15) is 0 Å². The summed E-state index contributed by atoms with van der Waals surface area (Å²) in [6.45, 7) is 13.4. The second-order valence-corrected chi connectivity index (χ2v) is 12.0. The normalized spacial score (nSPS) is 11.6. The molecule has 0 spiro atoms. The number of hydrogen-bond donors (Lipinski definition) is 0. The first-order valence-electron chi connectivity index (χ1n) is 15.5. The summed E-state index contributed by atoms with van der Waals surface area (Å²) in [4.78, 5) is 52.1. The first-order chi connectivity index (χ1) is 22.8. The summed E-state index contributed by atoms with van der Waals surface area (Å²) < 4.78 is 44.7. The van der Waals surface area contributed by atoms with Gasteiger partial charge in [-0.15, -0.1) is 0 Å². The largest absolute Gasteiger partial charge is 0.514 e. The first-order valence-corrected chi connectivity index (χ1v) is 15.5. The van der Waals surface area contributed by atoms with E-state index in [4.69, 9.17) is 37.9 Å². The molecule has 12 nitrogen and oxygen atoms in total. The molecule has 5 rings (SSSR count). The molecule has 0 unspecified atom stereocenters. The maximum Gasteiger partial charge on any atom is 0.514 e. The van der Waals surface area contributed by atoms with Crippen LogP contribution in [0.4, 0.5) is 19.2 Å². The average molecular weight is 661 g/mol. The Kier molecular flexibility index (Phi) is 9.64. The van der Waals surface area contributed by atoms with Crippen molar-refractivity contribution in [2.24, 2.45) is 0 Å². The van der Waals surface area contributed by atoms with Gasteiger partial charge in [0.25, 0.3) is 0 Å².